The zero-order chi connectivity index (χ0) is 15.5. The third-order valence-corrected chi connectivity index (χ3v) is 3.60. The van der Waals surface area contributed by atoms with Crippen molar-refractivity contribution in [2.45, 2.75) is 19.0 Å². The van der Waals surface area contributed by atoms with E-state index in [1.54, 1.807) is 0 Å². The van der Waals surface area contributed by atoms with Gasteiger partial charge in [0, 0.05) is 18.0 Å². The molecule has 0 saturated heterocycles. The number of nitrogens with one attached hydrogen (secondary N) is 1. The summed E-state index contributed by atoms with van der Waals surface area (Å²) in [5.74, 6) is -0.324. The Kier molecular flexibility index (Phi) is 4.37. The summed E-state index contributed by atoms with van der Waals surface area (Å²) >= 11 is 0. The maximum absolute atomic E-state index is 12.4. The van der Waals surface area contributed by atoms with Crippen molar-refractivity contribution >= 4 is 12.0 Å². The van der Waals surface area contributed by atoms with E-state index in [0.717, 1.165) is 25.0 Å². The van der Waals surface area contributed by atoms with E-state index in [0.29, 0.717) is 12.1 Å². The van der Waals surface area contributed by atoms with Crippen LogP contribution in [0.4, 0.5) is 13.2 Å². The van der Waals surface area contributed by atoms with E-state index in [2.05, 4.69) is 5.32 Å². The van der Waals surface area contributed by atoms with Gasteiger partial charge >= 0.3 is 6.18 Å². The van der Waals surface area contributed by atoms with E-state index in [4.69, 9.17) is 5.11 Å². The summed E-state index contributed by atoms with van der Waals surface area (Å²) in [6.45, 7) is 0.468. The number of aliphatic hydroxyl groups is 1. The molecule has 0 unspecified atom stereocenters. The number of aliphatic hydroxyl groups excluding tert-OH is 1. The first kappa shape index (κ1) is 15.6. The minimum absolute atomic E-state index is 0.0515. The molecule has 1 aromatic carbocycles. The molecule has 0 spiro atoms. The van der Waals surface area contributed by atoms with E-state index in [1.165, 1.54) is 24.3 Å². The molecule has 2 N–H and O–H groups in total. The van der Waals surface area contributed by atoms with Gasteiger partial charge in [-0.3, -0.25) is 4.79 Å². The van der Waals surface area contributed by atoms with E-state index in [-0.39, 0.29) is 17.9 Å². The summed E-state index contributed by atoms with van der Waals surface area (Å²) in [6, 6.07) is 4.57. The fourth-order valence-corrected chi connectivity index (χ4v) is 1.86. The quantitative estimate of drug-likeness (QED) is 0.821. The van der Waals surface area contributed by atoms with Gasteiger partial charge in [0.2, 0.25) is 5.91 Å². The molecule has 3 nitrogen and oxygen atoms in total. The highest BCUT2D eigenvalue weighted by Crippen LogP contribution is 2.44. The summed E-state index contributed by atoms with van der Waals surface area (Å²) in [5.41, 5.74) is -0.373. The van der Waals surface area contributed by atoms with Crippen molar-refractivity contribution in [3.05, 3.63) is 41.5 Å². The lowest BCUT2D eigenvalue weighted by atomic mass is 10.1. The maximum Gasteiger partial charge on any atom is 0.416 e. The molecule has 1 saturated carbocycles. The van der Waals surface area contributed by atoms with Crippen molar-refractivity contribution in [2.24, 2.45) is 5.41 Å². The molecular formula is C15H16F3NO2. The molecule has 1 fully saturated rings. The van der Waals surface area contributed by atoms with Crippen LogP contribution in [0.25, 0.3) is 6.08 Å². The van der Waals surface area contributed by atoms with Crippen LogP contribution in [0, 0.1) is 5.41 Å². The second kappa shape index (κ2) is 5.89. The SMILES string of the molecule is O=C(/C=C/c1ccc(C(F)(F)F)cc1)NCC1(CO)CC1. The molecule has 0 aromatic heterocycles. The summed E-state index contributed by atoms with van der Waals surface area (Å²) < 4.78 is 37.1. The Labute approximate surface area is 120 Å². The highest BCUT2D eigenvalue weighted by molar-refractivity contribution is 5.91. The van der Waals surface area contributed by atoms with Gasteiger partial charge in [-0.05, 0) is 36.6 Å². The van der Waals surface area contributed by atoms with Crippen LogP contribution in [-0.2, 0) is 11.0 Å². The third kappa shape index (κ3) is 4.32. The molecule has 1 amide bonds. The second-order valence-corrected chi connectivity index (χ2v) is 5.33. The standard InChI is InChI=1S/C15H16F3NO2/c16-15(17,18)12-4-1-11(2-5-12)3-6-13(21)19-9-14(10-20)7-8-14/h1-6,20H,7-10H2,(H,19,21)/b6-3+. The van der Waals surface area contributed by atoms with Crippen molar-refractivity contribution in [1.82, 2.24) is 5.32 Å². The second-order valence-electron chi connectivity index (χ2n) is 5.33. The average Bonchev–Trinajstić information content (AvgIpc) is 3.23. The van der Waals surface area contributed by atoms with Crippen LogP contribution in [0.1, 0.15) is 24.0 Å². The van der Waals surface area contributed by atoms with Gasteiger partial charge in [0.05, 0.1) is 12.2 Å². The first-order valence-corrected chi connectivity index (χ1v) is 6.59. The van der Waals surface area contributed by atoms with Crippen molar-refractivity contribution in [3.8, 4) is 0 Å². The number of halogens is 3. The topological polar surface area (TPSA) is 49.3 Å². The summed E-state index contributed by atoms with van der Waals surface area (Å²) in [6.07, 6.45) is 0.158. The third-order valence-electron chi connectivity index (χ3n) is 3.60. The molecule has 1 aromatic rings. The Bertz CT molecular complexity index is 531. The number of rotatable bonds is 5. The fourth-order valence-electron chi connectivity index (χ4n) is 1.86. The van der Waals surface area contributed by atoms with Gasteiger partial charge in [-0.2, -0.15) is 13.2 Å². The van der Waals surface area contributed by atoms with Crippen molar-refractivity contribution < 1.29 is 23.1 Å². The number of benzene rings is 1. The van der Waals surface area contributed by atoms with Gasteiger partial charge in [0.15, 0.2) is 0 Å². The number of carbonyl (C=O) groups excluding carboxylic acids is 1. The predicted octanol–water partition coefficient (Wildman–Crippen LogP) is 2.61. The van der Waals surface area contributed by atoms with E-state index >= 15 is 0 Å². The van der Waals surface area contributed by atoms with Crippen LogP contribution >= 0.6 is 0 Å². The Morgan fingerprint density at radius 2 is 1.90 bits per heavy atom. The molecule has 1 aliphatic carbocycles. The zero-order valence-electron chi connectivity index (χ0n) is 11.3. The molecule has 21 heavy (non-hydrogen) atoms. The molecule has 2 rings (SSSR count). The number of amides is 1. The largest absolute Gasteiger partial charge is 0.416 e. The summed E-state index contributed by atoms with van der Waals surface area (Å²) in [4.78, 5) is 11.6. The number of hydrogen-bond acceptors (Lipinski definition) is 2. The molecule has 0 bridgehead atoms. The number of carbonyl (C=O) groups is 1. The lowest BCUT2D eigenvalue weighted by molar-refractivity contribution is -0.137. The van der Waals surface area contributed by atoms with Gasteiger partial charge in [0.25, 0.3) is 0 Å². The summed E-state index contributed by atoms with van der Waals surface area (Å²) in [5, 5.41) is 11.8. The van der Waals surface area contributed by atoms with E-state index < -0.39 is 11.7 Å². The summed E-state index contributed by atoms with van der Waals surface area (Å²) in [7, 11) is 0. The lowest BCUT2D eigenvalue weighted by Crippen LogP contribution is -2.30. The van der Waals surface area contributed by atoms with E-state index in [1.807, 2.05) is 0 Å². The predicted molar refractivity (Wildman–Crippen MR) is 72.2 cm³/mol. The highest BCUT2D eigenvalue weighted by Gasteiger charge is 2.41. The smallest absolute Gasteiger partial charge is 0.396 e. The van der Waals surface area contributed by atoms with Crippen molar-refractivity contribution in [3.63, 3.8) is 0 Å². The number of hydrogen-bond donors (Lipinski definition) is 2. The van der Waals surface area contributed by atoms with Crippen LogP contribution < -0.4 is 5.32 Å². The lowest BCUT2D eigenvalue weighted by Gasteiger charge is -2.11. The molecule has 0 radical (unpaired) electrons. The minimum atomic E-state index is -4.36. The Morgan fingerprint density at radius 1 is 1.29 bits per heavy atom. The molecule has 6 heteroatoms. The van der Waals surface area contributed by atoms with Gasteiger partial charge in [-0.25, -0.2) is 0 Å². The molecule has 0 heterocycles. The van der Waals surface area contributed by atoms with Crippen LogP contribution in [0.2, 0.25) is 0 Å². The maximum atomic E-state index is 12.4. The van der Waals surface area contributed by atoms with Gasteiger partial charge in [0.1, 0.15) is 0 Å². The average molecular weight is 299 g/mol. The molecule has 0 atom stereocenters. The van der Waals surface area contributed by atoms with Crippen molar-refractivity contribution in [1.29, 1.82) is 0 Å². The van der Waals surface area contributed by atoms with Gasteiger partial charge in [-0.15, -0.1) is 0 Å². The van der Waals surface area contributed by atoms with E-state index in [9.17, 15) is 18.0 Å². The monoisotopic (exact) mass is 299 g/mol. The Morgan fingerprint density at radius 3 is 2.38 bits per heavy atom. The van der Waals surface area contributed by atoms with Crippen LogP contribution in [0.15, 0.2) is 30.3 Å². The van der Waals surface area contributed by atoms with Gasteiger partial charge < -0.3 is 10.4 Å². The molecular weight excluding hydrogens is 283 g/mol. The first-order valence-electron chi connectivity index (χ1n) is 6.59. The molecule has 0 aliphatic heterocycles. The number of alkyl halides is 3. The molecule has 114 valence electrons. The minimum Gasteiger partial charge on any atom is -0.396 e. The van der Waals surface area contributed by atoms with Crippen LogP contribution in [0.5, 0.6) is 0 Å². The first-order chi connectivity index (χ1) is 9.85. The van der Waals surface area contributed by atoms with Crippen LogP contribution in [0.3, 0.4) is 0 Å². The zero-order valence-corrected chi connectivity index (χ0v) is 11.3. The van der Waals surface area contributed by atoms with Gasteiger partial charge in [-0.1, -0.05) is 12.1 Å². The molecule has 1 aliphatic rings. The normalized spacial score (nSPS) is 17.0. The highest BCUT2D eigenvalue weighted by atomic mass is 19.4. The fraction of sp³-hybridized carbons (Fsp3) is 0.400. The van der Waals surface area contributed by atoms with Crippen LogP contribution in [-0.4, -0.2) is 24.2 Å². The Hall–Kier alpha value is -1.82. The van der Waals surface area contributed by atoms with Crippen molar-refractivity contribution in [2.75, 3.05) is 13.2 Å². The Balaban J connectivity index is 1.87.